The highest BCUT2D eigenvalue weighted by Crippen LogP contribution is 2.22. The summed E-state index contributed by atoms with van der Waals surface area (Å²) < 4.78 is 33.2. The molecule has 0 aliphatic rings. The van der Waals surface area contributed by atoms with E-state index in [2.05, 4.69) is 10.3 Å². The molecule has 0 aliphatic carbocycles. The van der Waals surface area contributed by atoms with E-state index in [0.29, 0.717) is 41.2 Å². The maximum atomic E-state index is 13.0. The van der Waals surface area contributed by atoms with Crippen molar-refractivity contribution >= 4 is 39.4 Å². The highest BCUT2D eigenvalue weighted by Gasteiger charge is 2.22. The SMILES string of the molecule is CCCCCc1cc(C(=O)NS(=O)(=O)c2cccc(CCNC(=O)c3cc(Cl)ccc3OC)c2)cnc1C(=O)O. The van der Waals surface area contributed by atoms with Gasteiger partial charge in [0.25, 0.3) is 21.8 Å². The number of carboxylic acid groups (broad SMARTS) is 1. The number of pyridine rings is 1. The molecule has 10 nitrogen and oxygen atoms in total. The molecule has 0 saturated carbocycles. The number of carboxylic acids is 1. The van der Waals surface area contributed by atoms with Gasteiger partial charge in [0, 0.05) is 17.8 Å². The highest BCUT2D eigenvalue weighted by molar-refractivity contribution is 7.90. The number of carbonyl (C=O) groups is 3. The first-order valence-corrected chi connectivity index (χ1v) is 14.4. The van der Waals surface area contributed by atoms with Crippen LogP contribution in [0.15, 0.2) is 59.6 Å². The van der Waals surface area contributed by atoms with Crippen LogP contribution in [0.2, 0.25) is 5.02 Å². The first-order chi connectivity index (χ1) is 19.1. The molecule has 0 aliphatic heterocycles. The average molecular weight is 588 g/mol. The predicted octanol–water partition coefficient (Wildman–Crippen LogP) is 4.27. The summed E-state index contributed by atoms with van der Waals surface area (Å²) in [4.78, 5) is 40.6. The Labute approximate surface area is 237 Å². The van der Waals surface area contributed by atoms with E-state index in [-0.39, 0.29) is 28.3 Å². The summed E-state index contributed by atoms with van der Waals surface area (Å²) in [5.74, 6) is -2.17. The van der Waals surface area contributed by atoms with Crippen molar-refractivity contribution < 1.29 is 32.6 Å². The molecule has 212 valence electrons. The summed E-state index contributed by atoms with van der Waals surface area (Å²) in [6.07, 6.45) is 4.27. The second kappa shape index (κ2) is 13.9. The number of aromatic carboxylic acids is 1. The fraction of sp³-hybridized carbons (Fsp3) is 0.286. The van der Waals surface area contributed by atoms with Crippen molar-refractivity contribution in [2.45, 2.75) is 43.9 Å². The Bertz CT molecular complexity index is 1510. The first kappa shape index (κ1) is 30.6. The van der Waals surface area contributed by atoms with Crippen molar-refractivity contribution in [1.29, 1.82) is 0 Å². The van der Waals surface area contributed by atoms with Gasteiger partial charge in [-0.2, -0.15) is 0 Å². The Morgan fingerprint density at radius 3 is 2.50 bits per heavy atom. The van der Waals surface area contributed by atoms with Crippen molar-refractivity contribution in [3.8, 4) is 5.75 Å². The zero-order valence-electron chi connectivity index (χ0n) is 22.1. The van der Waals surface area contributed by atoms with Crippen LogP contribution in [-0.4, -0.2) is 49.9 Å². The molecule has 0 radical (unpaired) electrons. The monoisotopic (exact) mass is 587 g/mol. The van der Waals surface area contributed by atoms with Gasteiger partial charge >= 0.3 is 5.97 Å². The quantitative estimate of drug-likeness (QED) is 0.251. The number of amides is 2. The van der Waals surface area contributed by atoms with E-state index in [0.717, 1.165) is 19.0 Å². The molecule has 0 atom stereocenters. The molecule has 12 heteroatoms. The Morgan fingerprint density at radius 1 is 1.02 bits per heavy atom. The second-order valence-electron chi connectivity index (χ2n) is 8.93. The molecule has 3 rings (SSSR count). The minimum Gasteiger partial charge on any atom is -0.496 e. The molecule has 2 amide bonds. The fourth-order valence-electron chi connectivity index (χ4n) is 3.96. The minimum absolute atomic E-state index is 0.0598. The number of nitrogens with one attached hydrogen (secondary N) is 2. The summed E-state index contributed by atoms with van der Waals surface area (Å²) in [6.45, 7) is 2.21. The van der Waals surface area contributed by atoms with Gasteiger partial charge in [-0.1, -0.05) is 43.5 Å². The maximum absolute atomic E-state index is 13.0. The summed E-state index contributed by atoms with van der Waals surface area (Å²) in [7, 11) is -2.81. The number of nitrogens with zero attached hydrogens (tertiary/aromatic N) is 1. The van der Waals surface area contributed by atoms with E-state index in [1.54, 1.807) is 18.2 Å². The lowest BCUT2D eigenvalue weighted by atomic mass is 10.0. The topological polar surface area (TPSA) is 152 Å². The van der Waals surface area contributed by atoms with Crippen LogP contribution in [0.3, 0.4) is 0 Å². The van der Waals surface area contributed by atoms with Crippen LogP contribution in [0.25, 0.3) is 0 Å². The second-order valence-corrected chi connectivity index (χ2v) is 11.0. The van der Waals surface area contributed by atoms with Gasteiger partial charge in [-0.3, -0.25) is 9.59 Å². The smallest absolute Gasteiger partial charge is 0.354 e. The van der Waals surface area contributed by atoms with Gasteiger partial charge in [-0.15, -0.1) is 0 Å². The molecule has 0 bridgehead atoms. The standard InChI is InChI=1S/C28H30ClN3O7S/c1-3-4-5-8-19-15-20(17-31-25(19)28(35)36)26(33)32-40(37,38)22-9-6-7-18(14-22)12-13-30-27(34)23-16-21(29)10-11-24(23)39-2/h6-7,9-11,14-17H,3-5,8,12-13H2,1-2H3,(H,30,34)(H,32,33)(H,35,36). The first-order valence-electron chi connectivity index (χ1n) is 12.6. The number of carbonyl (C=O) groups excluding carboxylic acids is 2. The lowest BCUT2D eigenvalue weighted by Crippen LogP contribution is -2.31. The Balaban J connectivity index is 1.68. The molecule has 1 heterocycles. The van der Waals surface area contributed by atoms with Crippen molar-refractivity contribution in [3.05, 3.63) is 87.7 Å². The number of methoxy groups -OCH3 is 1. The van der Waals surface area contributed by atoms with E-state index >= 15 is 0 Å². The number of halogens is 1. The minimum atomic E-state index is -4.25. The largest absolute Gasteiger partial charge is 0.496 e. The normalized spacial score (nSPS) is 11.1. The third-order valence-corrected chi connectivity index (χ3v) is 7.59. The van der Waals surface area contributed by atoms with E-state index in [1.165, 1.54) is 37.4 Å². The molecular weight excluding hydrogens is 558 g/mol. The molecule has 3 N–H and O–H groups in total. The third kappa shape index (κ3) is 8.03. The molecule has 0 spiro atoms. The Kier molecular flexibility index (Phi) is 10.6. The van der Waals surface area contributed by atoms with Gasteiger partial charge in [-0.05, 0) is 66.8 Å². The highest BCUT2D eigenvalue weighted by atomic mass is 35.5. The van der Waals surface area contributed by atoms with Crippen LogP contribution in [0.1, 0.15) is 68.5 Å². The maximum Gasteiger partial charge on any atom is 0.354 e. The van der Waals surface area contributed by atoms with Crippen molar-refractivity contribution in [2.75, 3.05) is 13.7 Å². The Morgan fingerprint density at radius 2 is 1.80 bits per heavy atom. The number of hydrogen-bond donors (Lipinski definition) is 3. The van der Waals surface area contributed by atoms with Gasteiger partial charge in [0.05, 0.1) is 23.1 Å². The van der Waals surface area contributed by atoms with Crippen LogP contribution >= 0.6 is 11.6 Å². The van der Waals surface area contributed by atoms with E-state index in [1.807, 2.05) is 11.6 Å². The molecular formula is C28H30ClN3O7S. The zero-order chi connectivity index (χ0) is 29.3. The number of hydrogen-bond acceptors (Lipinski definition) is 7. The lowest BCUT2D eigenvalue weighted by Gasteiger charge is -2.11. The van der Waals surface area contributed by atoms with E-state index in [4.69, 9.17) is 16.3 Å². The third-order valence-electron chi connectivity index (χ3n) is 6.02. The number of ether oxygens (including phenoxy) is 1. The molecule has 0 fully saturated rings. The van der Waals surface area contributed by atoms with Gasteiger partial charge in [0.1, 0.15) is 5.75 Å². The number of aryl methyl sites for hydroxylation is 1. The molecule has 2 aromatic carbocycles. The average Bonchev–Trinajstić information content (AvgIpc) is 2.93. The van der Waals surface area contributed by atoms with Crippen LogP contribution in [0, 0.1) is 0 Å². The number of rotatable bonds is 13. The predicted molar refractivity (Wildman–Crippen MR) is 150 cm³/mol. The number of unbranched alkanes of at least 4 members (excludes halogenated alkanes) is 2. The number of benzene rings is 2. The molecule has 0 saturated heterocycles. The molecule has 40 heavy (non-hydrogen) atoms. The van der Waals surface area contributed by atoms with Crippen LogP contribution in [0.5, 0.6) is 5.75 Å². The zero-order valence-corrected chi connectivity index (χ0v) is 23.6. The van der Waals surface area contributed by atoms with Gasteiger partial charge in [0.2, 0.25) is 0 Å². The van der Waals surface area contributed by atoms with E-state index < -0.39 is 27.8 Å². The van der Waals surface area contributed by atoms with Crippen molar-refractivity contribution in [3.63, 3.8) is 0 Å². The number of aromatic nitrogens is 1. The summed E-state index contributed by atoms with van der Waals surface area (Å²) >= 11 is 5.99. The van der Waals surface area contributed by atoms with E-state index in [9.17, 15) is 27.9 Å². The summed E-state index contributed by atoms with van der Waals surface area (Å²) in [5.41, 5.74) is 1.03. The van der Waals surface area contributed by atoms with Gasteiger partial charge < -0.3 is 15.2 Å². The molecule has 3 aromatic rings. The molecule has 0 unspecified atom stereocenters. The van der Waals surface area contributed by atoms with Gasteiger partial charge in [0.15, 0.2) is 5.69 Å². The van der Waals surface area contributed by atoms with Crippen LogP contribution < -0.4 is 14.8 Å². The fourth-order valence-corrected chi connectivity index (χ4v) is 5.18. The van der Waals surface area contributed by atoms with Crippen LogP contribution in [-0.2, 0) is 22.9 Å². The van der Waals surface area contributed by atoms with Crippen molar-refractivity contribution in [2.24, 2.45) is 0 Å². The number of sulfonamides is 1. The van der Waals surface area contributed by atoms with Crippen LogP contribution in [0.4, 0.5) is 0 Å². The van der Waals surface area contributed by atoms with Crippen molar-refractivity contribution in [1.82, 2.24) is 15.0 Å². The Hall–Kier alpha value is -3.96. The van der Waals surface area contributed by atoms with Gasteiger partial charge in [-0.25, -0.2) is 22.9 Å². The molecule has 1 aromatic heterocycles. The summed E-state index contributed by atoms with van der Waals surface area (Å²) in [6, 6.07) is 12.0. The summed E-state index contributed by atoms with van der Waals surface area (Å²) in [5, 5.41) is 12.5. The lowest BCUT2D eigenvalue weighted by molar-refractivity contribution is 0.0688.